The van der Waals surface area contributed by atoms with Gasteiger partial charge in [-0.05, 0) is 51.3 Å². The van der Waals surface area contributed by atoms with E-state index in [2.05, 4.69) is 31.7 Å². The number of aryl methyl sites for hydroxylation is 2. The molecule has 0 aliphatic carbocycles. The smallest absolute Gasteiger partial charge is 0.0247 e. The van der Waals surface area contributed by atoms with Crippen LogP contribution >= 0.6 is 11.3 Å². The summed E-state index contributed by atoms with van der Waals surface area (Å²) in [4.78, 5) is 5.47. The minimum Gasteiger partial charge on any atom is -0.330 e. The first-order valence-electron chi connectivity index (χ1n) is 6.10. The van der Waals surface area contributed by atoms with Crippen LogP contribution in [0.25, 0.3) is 0 Å². The van der Waals surface area contributed by atoms with Crippen LogP contribution in [-0.4, -0.2) is 24.0 Å². The Morgan fingerprint density at radius 1 is 1.50 bits per heavy atom. The van der Waals surface area contributed by atoms with E-state index in [1.165, 1.54) is 28.3 Å². The molecule has 90 valence electrons. The number of rotatable bonds is 3. The summed E-state index contributed by atoms with van der Waals surface area (Å²) in [5.41, 5.74) is 7.27. The van der Waals surface area contributed by atoms with E-state index in [-0.39, 0.29) is 0 Å². The lowest BCUT2D eigenvalue weighted by Crippen LogP contribution is -2.27. The molecular weight excluding hydrogens is 216 g/mol. The second-order valence-electron chi connectivity index (χ2n) is 5.05. The zero-order valence-electron chi connectivity index (χ0n) is 10.5. The number of hydrogen-bond acceptors (Lipinski definition) is 3. The molecule has 1 aromatic heterocycles. The number of likely N-dealkylation sites (tertiary alicyclic amines) is 1. The zero-order chi connectivity index (χ0) is 11.7. The first-order valence-corrected chi connectivity index (χ1v) is 6.91. The molecule has 0 aromatic carbocycles. The molecule has 2 atom stereocenters. The summed E-state index contributed by atoms with van der Waals surface area (Å²) in [6.07, 6.45) is 1.26. The normalized spacial score (nSPS) is 26.5. The molecule has 0 saturated carbocycles. The molecule has 3 heteroatoms. The van der Waals surface area contributed by atoms with Gasteiger partial charge in [-0.15, -0.1) is 11.3 Å². The average Bonchev–Trinajstić information content (AvgIpc) is 2.72. The minimum atomic E-state index is 0.688. The lowest BCUT2D eigenvalue weighted by Gasteiger charge is -2.20. The molecular formula is C13H22N2S. The van der Waals surface area contributed by atoms with Gasteiger partial charge in [-0.1, -0.05) is 0 Å². The molecule has 1 saturated heterocycles. The maximum Gasteiger partial charge on any atom is 0.0247 e. The molecule has 0 amide bonds. The van der Waals surface area contributed by atoms with E-state index in [1.54, 1.807) is 0 Å². The molecule has 2 N–H and O–H groups in total. The third-order valence-electron chi connectivity index (χ3n) is 3.64. The number of nitrogens with zero attached hydrogens (tertiary/aromatic N) is 1. The average molecular weight is 238 g/mol. The second-order valence-corrected chi connectivity index (χ2v) is 6.51. The van der Waals surface area contributed by atoms with Crippen LogP contribution in [-0.2, 0) is 6.54 Å². The van der Waals surface area contributed by atoms with Crippen LogP contribution in [0.4, 0.5) is 0 Å². The fourth-order valence-electron chi connectivity index (χ4n) is 2.67. The summed E-state index contributed by atoms with van der Waals surface area (Å²) in [7, 11) is 0. The molecule has 2 heterocycles. The summed E-state index contributed by atoms with van der Waals surface area (Å²) < 4.78 is 0. The fraction of sp³-hybridized carbons (Fsp3) is 0.692. The number of nitrogens with two attached hydrogens (primary N) is 1. The van der Waals surface area contributed by atoms with E-state index in [4.69, 9.17) is 5.73 Å². The van der Waals surface area contributed by atoms with Gasteiger partial charge in [0.25, 0.3) is 0 Å². The van der Waals surface area contributed by atoms with Crippen molar-refractivity contribution in [2.45, 2.75) is 39.8 Å². The van der Waals surface area contributed by atoms with Gasteiger partial charge in [0.1, 0.15) is 0 Å². The van der Waals surface area contributed by atoms with Gasteiger partial charge in [-0.2, -0.15) is 0 Å². The van der Waals surface area contributed by atoms with E-state index in [1.807, 2.05) is 11.3 Å². The molecule has 0 radical (unpaired) electrons. The molecule has 1 aromatic rings. The maximum atomic E-state index is 5.76. The first-order chi connectivity index (χ1) is 7.60. The SMILES string of the molecule is Cc1cc(CN2CC(CN)CC2C)c(C)s1. The van der Waals surface area contributed by atoms with Crippen molar-refractivity contribution in [3.05, 3.63) is 21.4 Å². The van der Waals surface area contributed by atoms with Gasteiger partial charge in [-0.3, -0.25) is 4.90 Å². The van der Waals surface area contributed by atoms with Crippen LogP contribution in [0.15, 0.2) is 6.07 Å². The highest BCUT2D eigenvalue weighted by molar-refractivity contribution is 7.12. The topological polar surface area (TPSA) is 29.3 Å². The summed E-state index contributed by atoms with van der Waals surface area (Å²) >= 11 is 1.91. The molecule has 16 heavy (non-hydrogen) atoms. The largest absolute Gasteiger partial charge is 0.330 e. The highest BCUT2D eigenvalue weighted by Crippen LogP contribution is 2.27. The monoisotopic (exact) mass is 238 g/mol. The van der Waals surface area contributed by atoms with Crippen LogP contribution in [0.5, 0.6) is 0 Å². The summed E-state index contributed by atoms with van der Waals surface area (Å²) in [5, 5.41) is 0. The standard InChI is InChI=1S/C13H22N2S/c1-9-4-12(6-14)7-15(9)8-13-5-10(2)16-11(13)3/h5,9,12H,4,6-8,14H2,1-3H3. The molecule has 1 aliphatic heterocycles. The molecule has 1 fully saturated rings. The van der Waals surface area contributed by atoms with Crippen molar-refractivity contribution in [1.82, 2.24) is 4.90 Å². The summed E-state index contributed by atoms with van der Waals surface area (Å²) in [5.74, 6) is 0.704. The highest BCUT2D eigenvalue weighted by atomic mass is 32.1. The van der Waals surface area contributed by atoms with E-state index < -0.39 is 0 Å². The van der Waals surface area contributed by atoms with E-state index in [0.717, 1.165) is 13.1 Å². The lowest BCUT2D eigenvalue weighted by molar-refractivity contribution is 0.256. The Hall–Kier alpha value is -0.380. The molecule has 0 spiro atoms. The Morgan fingerprint density at radius 2 is 2.25 bits per heavy atom. The first kappa shape index (κ1) is 12.1. The van der Waals surface area contributed by atoms with Crippen LogP contribution in [0.2, 0.25) is 0 Å². The van der Waals surface area contributed by atoms with Gasteiger partial charge < -0.3 is 5.73 Å². The van der Waals surface area contributed by atoms with E-state index in [9.17, 15) is 0 Å². The van der Waals surface area contributed by atoms with Gasteiger partial charge in [0.05, 0.1) is 0 Å². The maximum absolute atomic E-state index is 5.76. The Bertz CT molecular complexity index is 359. The van der Waals surface area contributed by atoms with Gasteiger partial charge in [0.15, 0.2) is 0 Å². The second kappa shape index (κ2) is 4.86. The number of thiophene rings is 1. The molecule has 0 bridgehead atoms. The minimum absolute atomic E-state index is 0.688. The molecule has 2 nitrogen and oxygen atoms in total. The Balaban J connectivity index is 2.02. The van der Waals surface area contributed by atoms with Crippen molar-refractivity contribution >= 4 is 11.3 Å². The molecule has 2 unspecified atom stereocenters. The van der Waals surface area contributed by atoms with Crippen molar-refractivity contribution in [2.75, 3.05) is 13.1 Å². The van der Waals surface area contributed by atoms with Crippen molar-refractivity contribution < 1.29 is 0 Å². The molecule has 2 rings (SSSR count). The van der Waals surface area contributed by atoms with E-state index in [0.29, 0.717) is 12.0 Å². The Morgan fingerprint density at radius 3 is 2.75 bits per heavy atom. The lowest BCUT2D eigenvalue weighted by atomic mass is 10.1. The van der Waals surface area contributed by atoms with Gasteiger partial charge in [0, 0.05) is 28.9 Å². The van der Waals surface area contributed by atoms with Crippen LogP contribution < -0.4 is 5.73 Å². The quantitative estimate of drug-likeness (QED) is 0.877. The van der Waals surface area contributed by atoms with Gasteiger partial charge in [-0.25, -0.2) is 0 Å². The third-order valence-corrected chi connectivity index (χ3v) is 4.65. The van der Waals surface area contributed by atoms with Crippen molar-refractivity contribution in [2.24, 2.45) is 11.7 Å². The molecule has 1 aliphatic rings. The number of hydrogen-bond donors (Lipinski definition) is 1. The fourth-order valence-corrected chi connectivity index (χ4v) is 3.61. The van der Waals surface area contributed by atoms with Crippen LogP contribution in [0.3, 0.4) is 0 Å². The summed E-state index contributed by atoms with van der Waals surface area (Å²) in [6.45, 7) is 9.86. The van der Waals surface area contributed by atoms with Gasteiger partial charge >= 0.3 is 0 Å². The highest BCUT2D eigenvalue weighted by Gasteiger charge is 2.28. The predicted octanol–water partition coefficient (Wildman–Crippen LogP) is 2.53. The van der Waals surface area contributed by atoms with Gasteiger partial charge in [0.2, 0.25) is 0 Å². The van der Waals surface area contributed by atoms with Crippen molar-refractivity contribution in [1.29, 1.82) is 0 Å². The van der Waals surface area contributed by atoms with Crippen molar-refractivity contribution in [3.63, 3.8) is 0 Å². The van der Waals surface area contributed by atoms with Crippen LogP contribution in [0.1, 0.15) is 28.7 Å². The zero-order valence-corrected chi connectivity index (χ0v) is 11.3. The van der Waals surface area contributed by atoms with E-state index >= 15 is 0 Å². The van der Waals surface area contributed by atoms with Crippen LogP contribution in [0, 0.1) is 19.8 Å². The third kappa shape index (κ3) is 2.47. The summed E-state index contributed by atoms with van der Waals surface area (Å²) in [6, 6.07) is 3.02. The Kier molecular flexibility index (Phi) is 3.67. The predicted molar refractivity (Wildman–Crippen MR) is 70.8 cm³/mol. The van der Waals surface area contributed by atoms with Crippen molar-refractivity contribution in [3.8, 4) is 0 Å². The Labute approximate surface area is 102 Å².